The highest BCUT2D eigenvalue weighted by Crippen LogP contribution is 2.26. The van der Waals surface area contributed by atoms with Crippen LogP contribution in [0, 0.1) is 13.8 Å². The van der Waals surface area contributed by atoms with Crippen LogP contribution in [-0.2, 0) is 11.2 Å². The third-order valence-corrected chi connectivity index (χ3v) is 2.65. The van der Waals surface area contributed by atoms with Crippen LogP contribution in [0.25, 0.3) is 11.7 Å². The molecule has 0 unspecified atom stereocenters. The molecular formula is C13H16N2O4. The Bertz CT molecular complexity index is 598. The van der Waals surface area contributed by atoms with E-state index >= 15 is 0 Å². The number of hydrogen-bond donors (Lipinski definition) is 0. The van der Waals surface area contributed by atoms with Crippen molar-refractivity contribution in [1.82, 2.24) is 9.97 Å². The van der Waals surface area contributed by atoms with Crippen LogP contribution in [0.3, 0.4) is 0 Å². The van der Waals surface area contributed by atoms with Gasteiger partial charge in [-0.25, -0.2) is 14.8 Å². The summed E-state index contributed by atoms with van der Waals surface area (Å²) in [5, 5.41) is 0. The highest BCUT2D eigenvalue weighted by molar-refractivity contribution is 5.87. The summed E-state index contributed by atoms with van der Waals surface area (Å²) in [7, 11) is 1.31. The van der Waals surface area contributed by atoms with Crippen molar-refractivity contribution in [3.63, 3.8) is 0 Å². The Kier molecular flexibility index (Phi) is 3.69. The van der Waals surface area contributed by atoms with Crippen molar-refractivity contribution >= 4 is 5.97 Å². The van der Waals surface area contributed by atoms with Crippen LogP contribution in [-0.4, -0.2) is 23.0 Å². The number of aromatic nitrogens is 2. The summed E-state index contributed by atoms with van der Waals surface area (Å²) < 4.78 is 15.6. The number of aryl methyl sites for hydroxylation is 3. The Balaban J connectivity index is 2.48. The predicted octanol–water partition coefficient (Wildman–Crippen LogP) is 2.69. The van der Waals surface area contributed by atoms with E-state index in [0.717, 1.165) is 6.42 Å². The molecule has 0 N–H and O–H groups in total. The van der Waals surface area contributed by atoms with Gasteiger partial charge < -0.3 is 13.6 Å². The second-order valence-electron chi connectivity index (χ2n) is 4.18. The van der Waals surface area contributed by atoms with Gasteiger partial charge in [0, 0.05) is 6.92 Å². The van der Waals surface area contributed by atoms with Crippen LogP contribution in [0.2, 0.25) is 0 Å². The lowest BCUT2D eigenvalue weighted by molar-refractivity contribution is 0.0564. The van der Waals surface area contributed by atoms with Crippen LogP contribution in [0.5, 0.6) is 0 Å². The number of methoxy groups -OCH3 is 1. The first-order valence-electron chi connectivity index (χ1n) is 6.09. The van der Waals surface area contributed by atoms with Crippen molar-refractivity contribution in [1.29, 1.82) is 0 Å². The first-order valence-corrected chi connectivity index (χ1v) is 6.09. The van der Waals surface area contributed by atoms with Crippen LogP contribution < -0.4 is 0 Å². The van der Waals surface area contributed by atoms with Gasteiger partial charge in [0.05, 0.1) is 18.5 Å². The van der Waals surface area contributed by atoms with Crippen molar-refractivity contribution in [2.75, 3.05) is 7.11 Å². The molecule has 2 aromatic rings. The maximum Gasteiger partial charge on any atom is 0.376 e. The standard InChI is InChI=1S/C13H16N2O4/c1-5-6-9-11(13(16)17-4)19-12(15-9)10-7(2)14-8(3)18-10/h5-6H2,1-4H3. The molecule has 0 fully saturated rings. The molecule has 0 amide bonds. The molecule has 2 heterocycles. The van der Waals surface area contributed by atoms with E-state index in [-0.39, 0.29) is 11.7 Å². The number of oxazole rings is 2. The molecule has 0 saturated heterocycles. The average Bonchev–Trinajstić information content (AvgIpc) is 2.92. The summed E-state index contributed by atoms with van der Waals surface area (Å²) in [4.78, 5) is 20.1. The smallest absolute Gasteiger partial charge is 0.376 e. The second-order valence-corrected chi connectivity index (χ2v) is 4.18. The zero-order valence-electron chi connectivity index (χ0n) is 11.4. The summed E-state index contributed by atoms with van der Waals surface area (Å²) in [6.07, 6.45) is 1.49. The number of rotatable bonds is 4. The molecule has 0 aliphatic carbocycles. The lowest BCUT2D eigenvalue weighted by atomic mass is 10.2. The number of nitrogens with zero attached hydrogens (tertiary/aromatic N) is 2. The van der Waals surface area contributed by atoms with E-state index in [9.17, 15) is 4.79 Å². The van der Waals surface area contributed by atoms with Gasteiger partial charge in [-0.05, 0) is 13.3 Å². The number of esters is 1. The maximum absolute atomic E-state index is 11.6. The van der Waals surface area contributed by atoms with Crippen molar-refractivity contribution in [3.8, 4) is 11.7 Å². The Labute approximate surface area is 110 Å². The van der Waals surface area contributed by atoms with Gasteiger partial charge in [0.25, 0.3) is 5.89 Å². The van der Waals surface area contributed by atoms with E-state index < -0.39 is 5.97 Å². The third-order valence-electron chi connectivity index (χ3n) is 2.65. The average molecular weight is 264 g/mol. The largest absolute Gasteiger partial charge is 0.463 e. The molecule has 0 aliphatic rings. The number of ether oxygens (including phenoxy) is 1. The summed E-state index contributed by atoms with van der Waals surface area (Å²) in [5.41, 5.74) is 1.26. The van der Waals surface area contributed by atoms with Gasteiger partial charge in [-0.2, -0.15) is 0 Å². The molecule has 0 atom stereocenters. The fourth-order valence-electron chi connectivity index (χ4n) is 1.84. The minimum Gasteiger partial charge on any atom is -0.463 e. The van der Waals surface area contributed by atoms with Crippen molar-refractivity contribution in [3.05, 3.63) is 23.0 Å². The Morgan fingerprint density at radius 3 is 2.53 bits per heavy atom. The fraction of sp³-hybridized carbons (Fsp3) is 0.462. The van der Waals surface area contributed by atoms with E-state index in [1.54, 1.807) is 13.8 Å². The van der Waals surface area contributed by atoms with Crippen molar-refractivity contribution in [2.45, 2.75) is 33.6 Å². The van der Waals surface area contributed by atoms with E-state index in [4.69, 9.17) is 8.83 Å². The molecule has 0 spiro atoms. The zero-order valence-corrected chi connectivity index (χ0v) is 11.4. The molecule has 0 aliphatic heterocycles. The first-order chi connectivity index (χ1) is 9.06. The molecular weight excluding hydrogens is 248 g/mol. The van der Waals surface area contributed by atoms with Gasteiger partial charge in [0.2, 0.25) is 11.5 Å². The monoisotopic (exact) mass is 264 g/mol. The van der Waals surface area contributed by atoms with E-state index in [0.29, 0.717) is 29.5 Å². The number of carbonyl (C=O) groups is 1. The Morgan fingerprint density at radius 2 is 2.00 bits per heavy atom. The van der Waals surface area contributed by atoms with Crippen LogP contribution in [0.1, 0.15) is 41.2 Å². The van der Waals surface area contributed by atoms with Crippen LogP contribution in [0.15, 0.2) is 8.83 Å². The topological polar surface area (TPSA) is 78.4 Å². The number of hydrogen-bond acceptors (Lipinski definition) is 6. The highest BCUT2D eigenvalue weighted by atomic mass is 16.5. The lowest BCUT2D eigenvalue weighted by Crippen LogP contribution is -2.03. The molecule has 6 nitrogen and oxygen atoms in total. The van der Waals surface area contributed by atoms with Gasteiger partial charge in [0.1, 0.15) is 0 Å². The summed E-state index contributed by atoms with van der Waals surface area (Å²) in [6, 6.07) is 0. The van der Waals surface area contributed by atoms with Gasteiger partial charge in [-0.1, -0.05) is 13.3 Å². The normalized spacial score (nSPS) is 10.7. The van der Waals surface area contributed by atoms with Gasteiger partial charge in [-0.3, -0.25) is 0 Å². The second kappa shape index (κ2) is 5.26. The molecule has 0 aromatic carbocycles. The summed E-state index contributed by atoms with van der Waals surface area (Å²) >= 11 is 0. The van der Waals surface area contributed by atoms with Crippen molar-refractivity contribution < 1.29 is 18.4 Å². The van der Waals surface area contributed by atoms with Crippen LogP contribution >= 0.6 is 0 Å². The van der Waals surface area contributed by atoms with E-state index in [1.807, 2.05) is 6.92 Å². The molecule has 0 saturated carbocycles. The lowest BCUT2D eigenvalue weighted by Gasteiger charge is -1.96. The van der Waals surface area contributed by atoms with Gasteiger partial charge in [-0.15, -0.1) is 0 Å². The molecule has 2 aromatic heterocycles. The summed E-state index contributed by atoms with van der Waals surface area (Å²) in [6.45, 7) is 5.54. The molecule has 0 bridgehead atoms. The molecule has 0 radical (unpaired) electrons. The van der Waals surface area contributed by atoms with Gasteiger partial charge in [0.15, 0.2) is 5.89 Å². The molecule has 102 valence electrons. The zero-order chi connectivity index (χ0) is 14.0. The van der Waals surface area contributed by atoms with Crippen molar-refractivity contribution in [2.24, 2.45) is 0 Å². The Morgan fingerprint density at radius 1 is 1.26 bits per heavy atom. The summed E-state index contributed by atoms with van der Waals surface area (Å²) in [5.74, 6) is 0.846. The minimum atomic E-state index is -0.531. The maximum atomic E-state index is 11.6. The quantitative estimate of drug-likeness (QED) is 0.790. The minimum absolute atomic E-state index is 0.132. The fourth-order valence-corrected chi connectivity index (χ4v) is 1.84. The first kappa shape index (κ1) is 13.3. The molecule has 6 heteroatoms. The van der Waals surface area contributed by atoms with E-state index in [2.05, 4.69) is 14.7 Å². The highest BCUT2D eigenvalue weighted by Gasteiger charge is 2.24. The molecule has 19 heavy (non-hydrogen) atoms. The van der Waals surface area contributed by atoms with Gasteiger partial charge >= 0.3 is 5.97 Å². The van der Waals surface area contributed by atoms with E-state index in [1.165, 1.54) is 7.11 Å². The SMILES string of the molecule is CCCc1nc(-c2oc(C)nc2C)oc1C(=O)OC. The Hall–Kier alpha value is -2.11. The number of carbonyl (C=O) groups excluding carboxylic acids is 1. The van der Waals surface area contributed by atoms with Crippen LogP contribution in [0.4, 0.5) is 0 Å². The predicted molar refractivity (Wildman–Crippen MR) is 66.8 cm³/mol. The third kappa shape index (κ3) is 2.52. The molecule has 2 rings (SSSR count).